The predicted molar refractivity (Wildman–Crippen MR) is 91.5 cm³/mol. The summed E-state index contributed by atoms with van der Waals surface area (Å²) in [5, 5.41) is 7.16. The molecule has 2 aromatic heterocycles. The highest BCUT2D eigenvalue weighted by atomic mass is 16.1. The first-order chi connectivity index (χ1) is 11.6. The molecule has 0 saturated carbocycles. The fourth-order valence-corrected chi connectivity index (χ4v) is 2.66. The van der Waals surface area contributed by atoms with Gasteiger partial charge in [-0.3, -0.25) is 9.48 Å². The van der Waals surface area contributed by atoms with Crippen LogP contribution in [0.25, 0.3) is 5.69 Å². The van der Waals surface area contributed by atoms with E-state index in [-0.39, 0.29) is 11.8 Å². The summed E-state index contributed by atoms with van der Waals surface area (Å²) in [7, 11) is 0. The summed E-state index contributed by atoms with van der Waals surface area (Å²) >= 11 is 0. The smallest absolute Gasteiger partial charge is 0.224 e. The highest BCUT2D eigenvalue weighted by Gasteiger charge is 2.14. The molecule has 1 atom stereocenters. The van der Waals surface area contributed by atoms with Crippen molar-refractivity contribution in [3.8, 4) is 5.69 Å². The van der Waals surface area contributed by atoms with Crippen molar-refractivity contribution in [2.75, 3.05) is 0 Å². The van der Waals surface area contributed by atoms with Crippen LogP contribution in [0.1, 0.15) is 18.3 Å². The lowest BCUT2D eigenvalue weighted by molar-refractivity contribution is -0.125. The van der Waals surface area contributed by atoms with Crippen molar-refractivity contribution in [3.63, 3.8) is 0 Å². The average Bonchev–Trinajstić information content (AvgIpc) is 3.24. The second-order valence-electron chi connectivity index (χ2n) is 5.82. The van der Waals surface area contributed by atoms with Gasteiger partial charge in [0.1, 0.15) is 5.82 Å². The van der Waals surface area contributed by atoms with Gasteiger partial charge in [-0.25, -0.2) is 4.98 Å². The number of nitrogens with one attached hydrogen (secondary N) is 1. The molecule has 0 aliphatic heterocycles. The number of para-hydroxylation sites is 1. The van der Waals surface area contributed by atoms with Gasteiger partial charge < -0.3 is 9.88 Å². The molecule has 0 bridgehead atoms. The van der Waals surface area contributed by atoms with E-state index in [4.69, 9.17) is 0 Å². The lowest BCUT2D eigenvalue weighted by atomic mass is 10.1. The Balaban J connectivity index is 1.67. The summed E-state index contributed by atoms with van der Waals surface area (Å²) < 4.78 is 3.79. The standard InChI is InChI=1S/C18H21N5O/c1-14(13-22-10-5-8-21-22)18(24)20-12-16-6-3-4-7-17(16)23-11-9-19-15(23)2/h3-11,14H,12-13H2,1-2H3,(H,20,24). The van der Waals surface area contributed by atoms with Crippen LogP contribution in [0.3, 0.4) is 0 Å². The number of hydrogen-bond acceptors (Lipinski definition) is 3. The molecule has 3 aromatic rings. The first-order valence-corrected chi connectivity index (χ1v) is 7.98. The summed E-state index contributed by atoms with van der Waals surface area (Å²) in [6.45, 7) is 4.92. The number of carbonyl (C=O) groups excluding carboxylic acids is 1. The molecular weight excluding hydrogens is 302 g/mol. The first-order valence-electron chi connectivity index (χ1n) is 7.98. The van der Waals surface area contributed by atoms with Crippen LogP contribution in [-0.4, -0.2) is 25.2 Å². The van der Waals surface area contributed by atoms with Gasteiger partial charge in [-0.1, -0.05) is 25.1 Å². The molecule has 0 aliphatic carbocycles. The second-order valence-corrected chi connectivity index (χ2v) is 5.82. The number of rotatable bonds is 6. The summed E-state index contributed by atoms with van der Waals surface area (Å²) in [4.78, 5) is 16.6. The lowest BCUT2D eigenvalue weighted by Gasteiger charge is -2.15. The minimum Gasteiger partial charge on any atom is -0.352 e. The maximum Gasteiger partial charge on any atom is 0.224 e. The van der Waals surface area contributed by atoms with E-state index in [1.807, 2.05) is 61.1 Å². The van der Waals surface area contributed by atoms with Crippen LogP contribution in [0.4, 0.5) is 0 Å². The zero-order valence-corrected chi connectivity index (χ0v) is 13.9. The summed E-state index contributed by atoms with van der Waals surface area (Å²) in [5.74, 6) is 0.788. The van der Waals surface area contributed by atoms with Crippen molar-refractivity contribution in [2.45, 2.75) is 26.9 Å². The van der Waals surface area contributed by atoms with Crippen molar-refractivity contribution in [3.05, 3.63) is 66.5 Å². The third-order valence-corrected chi connectivity index (χ3v) is 4.00. The van der Waals surface area contributed by atoms with Crippen molar-refractivity contribution in [1.82, 2.24) is 24.6 Å². The maximum atomic E-state index is 12.3. The van der Waals surface area contributed by atoms with E-state index in [9.17, 15) is 4.79 Å². The maximum absolute atomic E-state index is 12.3. The zero-order valence-electron chi connectivity index (χ0n) is 13.9. The quantitative estimate of drug-likeness (QED) is 0.757. The number of nitrogens with zero attached hydrogens (tertiary/aromatic N) is 4. The van der Waals surface area contributed by atoms with Crippen LogP contribution < -0.4 is 5.32 Å². The second kappa shape index (κ2) is 7.12. The van der Waals surface area contributed by atoms with Crippen LogP contribution in [0.2, 0.25) is 0 Å². The van der Waals surface area contributed by atoms with Crippen LogP contribution in [0, 0.1) is 12.8 Å². The fourth-order valence-electron chi connectivity index (χ4n) is 2.66. The number of aryl methyl sites for hydroxylation is 1. The van der Waals surface area contributed by atoms with E-state index in [1.54, 1.807) is 17.1 Å². The Labute approximate surface area is 141 Å². The topological polar surface area (TPSA) is 64.7 Å². The molecule has 24 heavy (non-hydrogen) atoms. The third kappa shape index (κ3) is 3.53. The van der Waals surface area contributed by atoms with E-state index < -0.39 is 0 Å². The average molecular weight is 323 g/mol. The van der Waals surface area contributed by atoms with E-state index in [0.717, 1.165) is 17.1 Å². The normalized spacial score (nSPS) is 12.1. The fraction of sp³-hybridized carbons (Fsp3) is 0.278. The molecule has 0 saturated heterocycles. The SMILES string of the molecule is Cc1nccn1-c1ccccc1CNC(=O)C(C)Cn1cccn1. The monoisotopic (exact) mass is 323 g/mol. The van der Waals surface area contributed by atoms with Crippen molar-refractivity contribution >= 4 is 5.91 Å². The van der Waals surface area contributed by atoms with Crippen molar-refractivity contribution in [2.24, 2.45) is 5.92 Å². The molecular formula is C18H21N5O. The summed E-state index contributed by atoms with van der Waals surface area (Å²) in [6.07, 6.45) is 7.28. The van der Waals surface area contributed by atoms with Gasteiger partial charge in [-0.05, 0) is 24.6 Å². The number of hydrogen-bond donors (Lipinski definition) is 1. The highest BCUT2D eigenvalue weighted by molar-refractivity contribution is 5.78. The van der Waals surface area contributed by atoms with Gasteiger partial charge in [0, 0.05) is 31.3 Å². The molecule has 6 heteroatoms. The molecule has 0 fully saturated rings. The molecule has 0 aliphatic rings. The Hall–Kier alpha value is -2.89. The first kappa shape index (κ1) is 16.0. The number of carbonyl (C=O) groups is 1. The Kier molecular flexibility index (Phi) is 4.74. The van der Waals surface area contributed by atoms with Gasteiger partial charge in [0.25, 0.3) is 0 Å². The van der Waals surface area contributed by atoms with Gasteiger partial charge in [-0.15, -0.1) is 0 Å². The Bertz CT molecular complexity index is 806. The van der Waals surface area contributed by atoms with Crippen LogP contribution >= 0.6 is 0 Å². The van der Waals surface area contributed by atoms with Gasteiger partial charge in [0.05, 0.1) is 18.2 Å². The Morgan fingerprint density at radius 2 is 2.04 bits per heavy atom. The molecule has 1 amide bonds. The number of amides is 1. The van der Waals surface area contributed by atoms with Crippen LogP contribution in [-0.2, 0) is 17.9 Å². The third-order valence-electron chi connectivity index (χ3n) is 4.00. The minimum absolute atomic E-state index is 0.0163. The van der Waals surface area contributed by atoms with Crippen LogP contribution in [0.5, 0.6) is 0 Å². The summed E-state index contributed by atoms with van der Waals surface area (Å²) in [6, 6.07) is 9.87. The number of benzene rings is 1. The number of aromatic nitrogens is 4. The molecule has 0 spiro atoms. The largest absolute Gasteiger partial charge is 0.352 e. The summed E-state index contributed by atoms with van der Waals surface area (Å²) in [5.41, 5.74) is 2.09. The van der Waals surface area contributed by atoms with Gasteiger partial charge >= 0.3 is 0 Å². The number of imidazole rings is 1. The Morgan fingerprint density at radius 1 is 1.21 bits per heavy atom. The van der Waals surface area contributed by atoms with E-state index >= 15 is 0 Å². The predicted octanol–water partition coefficient (Wildman–Crippen LogP) is 2.33. The molecule has 1 N–H and O–H groups in total. The van der Waals surface area contributed by atoms with Crippen LogP contribution in [0.15, 0.2) is 55.1 Å². The molecule has 3 rings (SSSR count). The molecule has 124 valence electrons. The van der Waals surface area contributed by atoms with Gasteiger partial charge in [0.2, 0.25) is 5.91 Å². The van der Waals surface area contributed by atoms with E-state index in [0.29, 0.717) is 13.1 Å². The zero-order chi connectivity index (χ0) is 16.9. The van der Waals surface area contributed by atoms with E-state index in [1.165, 1.54) is 0 Å². The van der Waals surface area contributed by atoms with Crippen molar-refractivity contribution < 1.29 is 4.79 Å². The molecule has 1 unspecified atom stereocenters. The molecule has 2 heterocycles. The molecule has 1 aromatic carbocycles. The Morgan fingerprint density at radius 3 is 2.75 bits per heavy atom. The van der Waals surface area contributed by atoms with E-state index in [2.05, 4.69) is 15.4 Å². The molecule has 6 nitrogen and oxygen atoms in total. The highest BCUT2D eigenvalue weighted by Crippen LogP contribution is 2.16. The van der Waals surface area contributed by atoms with Gasteiger partial charge in [0.15, 0.2) is 0 Å². The minimum atomic E-state index is -0.146. The lowest BCUT2D eigenvalue weighted by Crippen LogP contribution is -2.31. The molecule has 0 radical (unpaired) electrons. The van der Waals surface area contributed by atoms with Crippen molar-refractivity contribution in [1.29, 1.82) is 0 Å². The van der Waals surface area contributed by atoms with Gasteiger partial charge in [-0.2, -0.15) is 5.10 Å².